The molecule has 0 unspecified atom stereocenters. The van der Waals surface area contributed by atoms with E-state index in [9.17, 15) is 9.59 Å². The lowest BCUT2D eigenvalue weighted by molar-refractivity contribution is -0.115. The van der Waals surface area contributed by atoms with Crippen LogP contribution >= 0.6 is 0 Å². The first-order valence-corrected chi connectivity index (χ1v) is 12.0. The van der Waals surface area contributed by atoms with E-state index in [0.29, 0.717) is 22.7 Å². The molecule has 4 N–H and O–H groups in total. The molecule has 3 aromatic rings. The number of amides is 2. The van der Waals surface area contributed by atoms with E-state index < -0.39 is 0 Å². The minimum absolute atomic E-state index is 0.168. The smallest absolute Gasteiger partial charge is 0.282 e. The van der Waals surface area contributed by atoms with Crippen LogP contribution in [-0.4, -0.2) is 17.5 Å². The van der Waals surface area contributed by atoms with E-state index in [4.69, 9.17) is 5.73 Å². The molecular formula is C29H33N5O2. The third-order valence-electron chi connectivity index (χ3n) is 5.68. The summed E-state index contributed by atoms with van der Waals surface area (Å²) in [6.07, 6.45) is 3.62. The number of benzene rings is 3. The van der Waals surface area contributed by atoms with Gasteiger partial charge in [-0.3, -0.25) is 9.59 Å². The number of nitrogens with one attached hydrogen (secondary N) is 2. The number of nitrogens with two attached hydrogens (primary N) is 1. The maximum absolute atomic E-state index is 12.8. The van der Waals surface area contributed by atoms with Crippen molar-refractivity contribution in [2.75, 3.05) is 21.4 Å². The lowest BCUT2D eigenvalue weighted by Crippen LogP contribution is -2.22. The Morgan fingerprint density at radius 1 is 0.972 bits per heavy atom. The average molecular weight is 484 g/mol. The van der Waals surface area contributed by atoms with Gasteiger partial charge in [-0.15, -0.1) is 0 Å². The number of rotatable bonds is 6. The van der Waals surface area contributed by atoms with Crippen LogP contribution in [0.4, 0.5) is 22.7 Å². The minimum atomic E-state index is -0.214. The van der Waals surface area contributed by atoms with Crippen LogP contribution in [-0.2, 0) is 22.4 Å². The lowest BCUT2D eigenvalue weighted by Gasteiger charge is -2.13. The van der Waals surface area contributed by atoms with E-state index in [0.717, 1.165) is 24.2 Å². The Labute approximate surface area is 212 Å². The Kier molecular flexibility index (Phi) is 9.00. The molecule has 0 aliphatic carbocycles. The highest BCUT2D eigenvalue weighted by Crippen LogP contribution is 2.26. The van der Waals surface area contributed by atoms with Gasteiger partial charge in [0.1, 0.15) is 0 Å². The number of anilines is 4. The number of para-hydroxylation sites is 2. The second-order valence-corrected chi connectivity index (χ2v) is 8.30. The summed E-state index contributed by atoms with van der Waals surface area (Å²) in [5.74, 6) is -0.382. The van der Waals surface area contributed by atoms with Crippen LogP contribution < -0.4 is 21.4 Å². The number of hydrazone groups is 1. The largest absolute Gasteiger partial charge is 0.399 e. The first kappa shape index (κ1) is 26.2. The first-order chi connectivity index (χ1) is 17.3. The Balaban J connectivity index is 0.000000338. The van der Waals surface area contributed by atoms with Crippen LogP contribution in [0.25, 0.3) is 0 Å². The molecule has 1 aliphatic heterocycles. The fraction of sp³-hybridized carbons (Fsp3) is 0.207. The van der Waals surface area contributed by atoms with Gasteiger partial charge in [0.2, 0.25) is 5.91 Å². The highest BCUT2D eigenvalue weighted by molar-refractivity contribution is 6.29. The van der Waals surface area contributed by atoms with Crippen LogP contribution in [0.15, 0.2) is 89.7 Å². The second-order valence-electron chi connectivity index (χ2n) is 8.30. The lowest BCUT2D eigenvalue weighted by atomic mass is 10.1. The number of aryl methyl sites for hydroxylation is 2. The predicted octanol–water partition coefficient (Wildman–Crippen LogP) is 5.76. The Bertz CT molecular complexity index is 1300. The summed E-state index contributed by atoms with van der Waals surface area (Å²) in [5, 5.41) is 11.7. The number of hydrogen-bond acceptors (Lipinski definition) is 5. The molecule has 2 amide bonds. The first-order valence-electron chi connectivity index (χ1n) is 12.0. The minimum Gasteiger partial charge on any atom is -0.399 e. The summed E-state index contributed by atoms with van der Waals surface area (Å²) in [6, 6.07) is 23.0. The number of carbonyl (C=O) groups excluding carboxylic acids is 2. The van der Waals surface area contributed by atoms with Crippen molar-refractivity contribution in [1.29, 1.82) is 0 Å². The number of nitrogen functional groups attached to an aromatic ring is 1. The van der Waals surface area contributed by atoms with Gasteiger partial charge in [-0.2, -0.15) is 10.1 Å². The molecule has 0 radical (unpaired) electrons. The van der Waals surface area contributed by atoms with Crippen LogP contribution in [0, 0.1) is 0 Å². The summed E-state index contributed by atoms with van der Waals surface area (Å²) in [5.41, 5.74) is 12.3. The zero-order chi connectivity index (χ0) is 26.1. The van der Waals surface area contributed by atoms with Crippen molar-refractivity contribution in [3.8, 4) is 0 Å². The standard InChI is InChI=1S/C21H22N4O2.C8H11N/c1-4-16-8-5-6-11-20(16)22-13-19-14(2)24-25(21(19)27)18-10-7-9-17(12-18)23-15(3)26;1-2-7-5-3-4-6-8(7)9/h5-13,22H,4H2,1-3H3,(H,23,26);3-6H,2,9H2,1H3. The Morgan fingerprint density at radius 2 is 1.64 bits per heavy atom. The highest BCUT2D eigenvalue weighted by atomic mass is 16.2. The number of nitrogens with zero attached hydrogens (tertiary/aromatic N) is 2. The third kappa shape index (κ3) is 6.60. The fourth-order valence-corrected chi connectivity index (χ4v) is 3.75. The molecule has 4 rings (SSSR count). The topological polar surface area (TPSA) is 99.8 Å². The molecule has 7 heteroatoms. The maximum atomic E-state index is 12.8. The van der Waals surface area contributed by atoms with Gasteiger partial charge in [0, 0.05) is 30.2 Å². The van der Waals surface area contributed by atoms with E-state index in [1.807, 2.05) is 36.4 Å². The molecule has 186 valence electrons. The molecule has 7 nitrogen and oxygen atoms in total. The van der Waals surface area contributed by atoms with Gasteiger partial charge in [-0.25, -0.2) is 0 Å². The highest BCUT2D eigenvalue weighted by Gasteiger charge is 2.29. The average Bonchev–Trinajstić information content (AvgIpc) is 3.16. The Morgan fingerprint density at radius 3 is 2.28 bits per heavy atom. The van der Waals surface area contributed by atoms with Crippen molar-refractivity contribution in [3.05, 3.63) is 95.7 Å². The summed E-state index contributed by atoms with van der Waals surface area (Å²) in [6.45, 7) is 7.43. The van der Waals surface area contributed by atoms with E-state index in [1.165, 1.54) is 23.1 Å². The van der Waals surface area contributed by atoms with E-state index >= 15 is 0 Å². The van der Waals surface area contributed by atoms with Crippen LogP contribution in [0.5, 0.6) is 0 Å². The normalized spacial score (nSPS) is 13.7. The van der Waals surface area contributed by atoms with Crippen molar-refractivity contribution in [1.82, 2.24) is 0 Å². The van der Waals surface area contributed by atoms with Crippen molar-refractivity contribution < 1.29 is 9.59 Å². The monoisotopic (exact) mass is 483 g/mol. The zero-order valence-corrected chi connectivity index (χ0v) is 21.2. The van der Waals surface area contributed by atoms with Crippen LogP contribution in [0.1, 0.15) is 38.8 Å². The molecule has 0 bridgehead atoms. The van der Waals surface area contributed by atoms with Gasteiger partial charge < -0.3 is 16.4 Å². The Hall–Kier alpha value is -4.39. The van der Waals surface area contributed by atoms with Crippen molar-refractivity contribution in [2.45, 2.75) is 40.5 Å². The maximum Gasteiger partial charge on any atom is 0.282 e. The predicted molar refractivity (Wildman–Crippen MR) is 149 cm³/mol. The fourth-order valence-electron chi connectivity index (χ4n) is 3.75. The molecular weight excluding hydrogens is 450 g/mol. The molecule has 1 aliphatic rings. The van der Waals surface area contributed by atoms with E-state index in [2.05, 4.69) is 41.7 Å². The van der Waals surface area contributed by atoms with Crippen LogP contribution in [0.3, 0.4) is 0 Å². The summed E-state index contributed by atoms with van der Waals surface area (Å²) >= 11 is 0. The quantitative estimate of drug-likeness (QED) is 0.307. The van der Waals surface area contributed by atoms with Gasteiger partial charge in [0.05, 0.1) is 17.0 Å². The summed E-state index contributed by atoms with van der Waals surface area (Å²) in [7, 11) is 0. The molecule has 3 aromatic carbocycles. The molecule has 0 spiro atoms. The third-order valence-corrected chi connectivity index (χ3v) is 5.68. The number of hydrogen-bond donors (Lipinski definition) is 3. The molecule has 0 atom stereocenters. The molecule has 1 heterocycles. The molecule has 0 aromatic heterocycles. The van der Waals surface area contributed by atoms with Gasteiger partial charge in [-0.05, 0) is 61.2 Å². The molecule has 0 saturated carbocycles. The summed E-state index contributed by atoms with van der Waals surface area (Å²) < 4.78 is 0. The van der Waals surface area contributed by atoms with Gasteiger partial charge in [0.15, 0.2) is 0 Å². The SMILES string of the molecule is CCc1ccccc1N.CCc1ccccc1NC=C1C(=O)N(c2cccc(NC(C)=O)c2)N=C1C. The molecule has 0 saturated heterocycles. The van der Waals surface area contributed by atoms with E-state index in [1.54, 1.807) is 37.4 Å². The van der Waals surface area contributed by atoms with Crippen molar-refractivity contribution in [3.63, 3.8) is 0 Å². The molecule has 36 heavy (non-hydrogen) atoms. The van der Waals surface area contributed by atoms with Gasteiger partial charge in [0.25, 0.3) is 5.91 Å². The van der Waals surface area contributed by atoms with E-state index in [-0.39, 0.29) is 11.8 Å². The van der Waals surface area contributed by atoms with Gasteiger partial charge in [-0.1, -0.05) is 56.3 Å². The molecule has 0 fully saturated rings. The number of carbonyl (C=O) groups is 2. The second kappa shape index (κ2) is 12.4. The zero-order valence-electron chi connectivity index (χ0n) is 21.2. The van der Waals surface area contributed by atoms with Crippen molar-refractivity contribution in [2.24, 2.45) is 5.10 Å². The van der Waals surface area contributed by atoms with Crippen LogP contribution in [0.2, 0.25) is 0 Å². The van der Waals surface area contributed by atoms with Gasteiger partial charge >= 0.3 is 0 Å². The summed E-state index contributed by atoms with van der Waals surface area (Å²) in [4.78, 5) is 24.1. The van der Waals surface area contributed by atoms with Crippen molar-refractivity contribution >= 4 is 40.3 Å².